The summed E-state index contributed by atoms with van der Waals surface area (Å²) in [4.78, 5) is 0. The molecule has 0 bridgehead atoms. The molecule has 0 amide bonds. The average Bonchev–Trinajstić information content (AvgIpc) is 4.25. The molecule has 0 aromatic heterocycles. The molecule has 376 valence electrons. The largest absolute Gasteiger partial charge is 0.103 e. The highest BCUT2D eigenvalue weighted by atomic mass is 31.1. The first kappa shape index (κ1) is 51.0. The molecule has 0 saturated heterocycles. The lowest BCUT2D eigenvalue weighted by Gasteiger charge is -2.39. The van der Waals surface area contributed by atoms with E-state index in [-0.39, 0.29) is 10.8 Å². The fraction of sp³-hybridized carbons (Fsp3) is 0.132. The van der Waals surface area contributed by atoms with Crippen molar-refractivity contribution in [2.45, 2.75) is 50.4 Å². The summed E-state index contributed by atoms with van der Waals surface area (Å²) in [6.45, 7) is 31.2. The van der Waals surface area contributed by atoms with Gasteiger partial charge in [-0.05, 0) is 153 Å². The van der Waals surface area contributed by atoms with Gasteiger partial charge in [-0.1, -0.05) is 275 Å². The molecule has 6 unspecified atom stereocenters. The number of fused-ring (bicyclic) bond motifs is 2. The monoisotopic (exact) mass is 1010 g/mol. The normalized spacial score (nSPS) is 23.5. The molecule has 0 saturated carbocycles. The molecule has 0 nitrogen and oxygen atoms in total. The predicted octanol–water partition coefficient (Wildman–Crippen LogP) is 18.1. The van der Waals surface area contributed by atoms with Gasteiger partial charge in [-0.2, -0.15) is 0 Å². The third kappa shape index (κ3) is 8.16. The summed E-state index contributed by atoms with van der Waals surface area (Å²) < 4.78 is 0. The van der Waals surface area contributed by atoms with Gasteiger partial charge in [-0.25, -0.2) is 0 Å². The van der Waals surface area contributed by atoms with Gasteiger partial charge in [0.2, 0.25) is 0 Å². The molecule has 0 spiro atoms. The van der Waals surface area contributed by atoms with Crippen LogP contribution in [-0.4, -0.2) is 0 Å². The molecular formula is C76H67P. The molecule has 4 aliphatic rings. The van der Waals surface area contributed by atoms with Crippen LogP contribution in [-0.2, 0) is 16.2 Å². The van der Waals surface area contributed by atoms with Gasteiger partial charge in [0.25, 0.3) is 0 Å². The van der Waals surface area contributed by atoms with Crippen LogP contribution in [0.4, 0.5) is 0 Å². The summed E-state index contributed by atoms with van der Waals surface area (Å²) in [7, 11) is -1.03. The van der Waals surface area contributed by atoms with Gasteiger partial charge in [-0.15, -0.1) is 6.58 Å². The minimum Gasteiger partial charge on any atom is -0.103 e. The van der Waals surface area contributed by atoms with E-state index in [1.807, 2.05) is 12.2 Å². The Kier molecular flexibility index (Phi) is 13.7. The van der Waals surface area contributed by atoms with Crippen LogP contribution in [0, 0.1) is 11.8 Å². The smallest absolute Gasteiger partial charge is 0.0673 e. The fourth-order valence-corrected chi connectivity index (χ4v) is 16.1. The Hall–Kier alpha value is -8.15. The number of benzene rings is 7. The van der Waals surface area contributed by atoms with Gasteiger partial charge >= 0.3 is 0 Å². The number of rotatable bonds is 15. The zero-order chi connectivity index (χ0) is 53.5. The molecule has 77 heavy (non-hydrogen) atoms. The molecule has 0 fully saturated rings. The molecule has 11 rings (SSSR count). The topological polar surface area (TPSA) is 0 Å². The summed E-state index contributed by atoms with van der Waals surface area (Å²) in [6.07, 6.45) is 25.4. The molecule has 4 aliphatic carbocycles. The second-order valence-corrected chi connectivity index (χ2v) is 23.4. The minimum atomic E-state index is -1.03. The van der Waals surface area contributed by atoms with Crippen molar-refractivity contribution in [3.05, 3.63) is 348 Å². The molecule has 7 aromatic carbocycles. The van der Waals surface area contributed by atoms with Crippen LogP contribution in [0.25, 0.3) is 28.4 Å². The standard InChI is InChI=1S/C76H67P/c1-10-26-71-66(13-4)65(12-3)54(8)76(71,61-31-18-15-19-32-61)53(7)55-37-43-62(44-38-55)77(64-47-41-57(42-48-64)73-51-59-28-21-24-35-69(59)75(73,49-11-2)60-29-16-14-17-30-60)63-45-39-56(40-46-63)72-50-58-27-20-23-34-68(58)74(72,9)70-36-25-22-33-67(70)52(5)6/h10-48,50-51,59,69H,1-3,5,7,49H2,4,6,8-9H3/b66-13-,71-26+. The lowest BCUT2D eigenvalue weighted by molar-refractivity contribution is 0.392. The lowest BCUT2D eigenvalue weighted by Crippen LogP contribution is -2.34. The van der Waals surface area contributed by atoms with E-state index in [4.69, 9.17) is 6.58 Å². The second kappa shape index (κ2) is 20.8. The molecule has 0 aliphatic heterocycles. The van der Waals surface area contributed by atoms with Crippen LogP contribution in [0.1, 0.15) is 84.2 Å². The first-order valence-corrected chi connectivity index (χ1v) is 28.4. The van der Waals surface area contributed by atoms with Crippen molar-refractivity contribution < 1.29 is 0 Å². The van der Waals surface area contributed by atoms with Crippen molar-refractivity contribution in [3.8, 4) is 0 Å². The van der Waals surface area contributed by atoms with Gasteiger partial charge in [0.05, 0.1) is 5.41 Å². The Morgan fingerprint density at radius 1 is 0.623 bits per heavy atom. The maximum Gasteiger partial charge on any atom is 0.0673 e. The quantitative estimate of drug-likeness (QED) is 0.0709. The summed E-state index contributed by atoms with van der Waals surface area (Å²) >= 11 is 0. The van der Waals surface area contributed by atoms with Crippen LogP contribution < -0.4 is 15.9 Å². The second-order valence-electron chi connectivity index (χ2n) is 21.2. The van der Waals surface area contributed by atoms with E-state index in [1.165, 1.54) is 77.1 Å². The van der Waals surface area contributed by atoms with Gasteiger partial charge < -0.3 is 0 Å². The van der Waals surface area contributed by atoms with E-state index in [2.05, 4.69) is 291 Å². The fourth-order valence-electron chi connectivity index (χ4n) is 13.8. The molecule has 6 atom stereocenters. The first-order chi connectivity index (χ1) is 37.6. The van der Waals surface area contributed by atoms with Crippen molar-refractivity contribution >= 4 is 52.2 Å². The number of allylic oxidation sites excluding steroid dienone is 18. The summed E-state index contributed by atoms with van der Waals surface area (Å²) in [6, 6.07) is 68.0. The molecule has 7 aromatic rings. The van der Waals surface area contributed by atoms with Crippen LogP contribution in [0.5, 0.6) is 0 Å². The van der Waals surface area contributed by atoms with Gasteiger partial charge in [-0.3, -0.25) is 0 Å². The molecular weight excluding hydrogens is 944 g/mol. The predicted molar refractivity (Wildman–Crippen MR) is 335 cm³/mol. The van der Waals surface area contributed by atoms with E-state index in [0.29, 0.717) is 11.8 Å². The number of hydrogen-bond donors (Lipinski definition) is 0. The maximum absolute atomic E-state index is 5.00. The Labute approximate surface area is 459 Å². The van der Waals surface area contributed by atoms with Crippen molar-refractivity contribution in [2.24, 2.45) is 11.8 Å². The van der Waals surface area contributed by atoms with Gasteiger partial charge in [0.15, 0.2) is 0 Å². The SMILES string of the molecule is C=C/C=C1\C(=C/C)C(C=C)=C(C)C1(C(=C)c1ccc(P(c2ccc(C3=Cc4ccccc4C3(C)c3ccccc3C(=C)C)cc2)c2ccc(C3=CC4C=CC=CC4C3(CC=C)c3ccccc3)cc2)cc1)c1ccccc1. The summed E-state index contributed by atoms with van der Waals surface area (Å²) in [5.74, 6) is 0.602. The van der Waals surface area contributed by atoms with Crippen LogP contribution in [0.2, 0.25) is 0 Å². The van der Waals surface area contributed by atoms with E-state index in [9.17, 15) is 0 Å². The molecule has 0 N–H and O–H groups in total. The molecule has 0 radical (unpaired) electrons. The van der Waals surface area contributed by atoms with E-state index in [0.717, 1.165) is 39.8 Å². The van der Waals surface area contributed by atoms with E-state index in [1.54, 1.807) is 0 Å². The minimum absolute atomic E-state index is 0.242. The highest BCUT2D eigenvalue weighted by Crippen LogP contribution is 2.60. The Morgan fingerprint density at radius 2 is 1.18 bits per heavy atom. The van der Waals surface area contributed by atoms with E-state index >= 15 is 0 Å². The third-order valence-corrected chi connectivity index (χ3v) is 19.8. The highest BCUT2D eigenvalue weighted by Gasteiger charge is 2.50. The van der Waals surface area contributed by atoms with Crippen LogP contribution in [0.15, 0.2) is 298 Å². The Morgan fingerprint density at radius 3 is 1.78 bits per heavy atom. The van der Waals surface area contributed by atoms with Crippen LogP contribution >= 0.6 is 7.92 Å². The summed E-state index contributed by atoms with van der Waals surface area (Å²) in [5, 5.41) is 3.85. The van der Waals surface area contributed by atoms with Crippen molar-refractivity contribution in [1.29, 1.82) is 0 Å². The van der Waals surface area contributed by atoms with Gasteiger partial charge in [0.1, 0.15) is 0 Å². The van der Waals surface area contributed by atoms with Crippen LogP contribution in [0.3, 0.4) is 0 Å². The van der Waals surface area contributed by atoms with Gasteiger partial charge in [0, 0.05) is 22.7 Å². The zero-order valence-corrected chi connectivity index (χ0v) is 45.9. The Balaban J connectivity index is 1.04. The lowest BCUT2D eigenvalue weighted by atomic mass is 9.63. The molecule has 1 heteroatoms. The van der Waals surface area contributed by atoms with E-state index < -0.39 is 13.3 Å². The van der Waals surface area contributed by atoms with Crippen molar-refractivity contribution in [2.75, 3.05) is 0 Å². The highest BCUT2D eigenvalue weighted by molar-refractivity contribution is 7.79. The first-order valence-electron chi connectivity index (χ1n) is 27.1. The van der Waals surface area contributed by atoms with Crippen molar-refractivity contribution in [1.82, 2.24) is 0 Å². The Bertz CT molecular complexity index is 3710. The number of hydrogen-bond acceptors (Lipinski definition) is 0. The third-order valence-electron chi connectivity index (χ3n) is 17.3. The zero-order valence-electron chi connectivity index (χ0n) is 45.0. The summed E-state index contributed by atoms with van der Waals surface area (Å²) in [5.41, 5.74) is 19.3. The maximum atomic E-state index is 5.00. The molecule has 0 heterocycles. The van der Waals surface area contributed by atoms with Crippen molar-refractivity contribution in [3.63, 3.8) is 0 Å². The average molecular weight is 1010 g/mol.